The van der Waals surface area contributed by atoms with Crippen molar-refractivity contribution in [1.82, 2.24) is 9.97 Å². The van der Waals surface area contributed by atoms with Crippen LogP contribution >= 0.6 is 0 Å². The van der Waals surface area contributed by atoms with Crippen molar-refractivity contribution in [3.05, 3.63) is 83.0 Å². The maximum absolute atomic E-state index is 13.5. The first-order chi connectivity index (χ1) is 16.3. The summed E-state index contributed by atoms with van der Waals surface area (Å²) >= 11 is 0. The lowest BCUT2D eigenvalue weighted by atomic mass is 9.81. The third-order valence-corrected chi connectivity index (χ3v) is 6.35. The summed E-state index contributed by atoms with van der Waals surface area (Å²) in [6, 6.07) is 18.2. The number of nitrogens with two attached hydrogens (primary N) is 1. The van der Waals surface area contributed by atoms with E-state index in [1.165, 1.54) is 5.56 Å². The smallest absolute Gasteiger partial charge is 0.255 e. The van der Waals surface area contributed by atoms with Crippen molar-refractivity contribution >= 4 is 28.4 Å². The zero-order valence-electron chi connectivity index (χ0n) is 21.7. The van der Waals surface area contributed by atoms with Crippen molar-refractivity contribution in [2.45, 2.75) is 59.3 Å². The lowest BCUT2D eigenvalue weighted by molar-refractivity contribution is 0.102. The average Bonchev–Trinajstić information content (AvgIpc) is 2.77. The van der Waals surface area contributed by atoms with Gasteiger partial charge in [-0.05, 0) is 75.9 Å². The van der Waals surface area contributed by atoms with Crippen molar-refractivity contribution in [2.24, 2.45) is 0 Å². The molecule has 180 valence electrons. The normalized spacial score (nSPS) is 12.1. The van der Waals surface area contributed by atoms with Crippen LogP contribution in [0.1, 0.15) is 68.6 Å². The number of nitrogens with one attached hydrogen (secondary N) is 1. The molecule has 1 amide bonds. The minimum absolute atomic E-state index is 0.0165. The van der Waals surface area contributed by atoms with Crippen LogP contribution in [0.15, 0.2) is 60.8 Å². The van der Waals surface area contributed by atoms with Crippen molar-refractivity contribution in [3.8, 4) is 11.1 Å². The Hall–Kier alpha value is -3.73. The fourth-order valence-electron chi connectivity index (χ4n) is 4.25. The minimum Gasteiger partial charge on any atom is -0.368 e. The number of carbonyl (C=O) groups is 1. The number of hydrogen-bond acceptors (Lipinski definition) is 4. The van der Waals surface area contributed by atoms with Gasteiger partial charge >= 0.3 is 0 Å². The number of fused-ring (bicyclic) bond motifs is 1. The summed E-state index contributed by atoms with van der Waals surface area (Å²) in [5.41, 5.74) is 13.2. The highest BCUT2D eigenvalue weighted by Gasteiger charge is 2.23. The number of aromatic nitrogens is 2. The van der Waals surface area contributed by atoms with E-state index >= 15 is 0 Å². The molecule has 3 N–H and O–H groups in total. The largest absolute Gasteiger partial charge is 0.368 e. The topological polar surface area (TPSA) is 80.9 Å². The Morgan fingerprint density at radius 2 is 1.63 bits per heavy atom. The van der Waals surface area contributed by atoms with Gasteiger partial charge in [0.25, 0.3) is 5.91 Å². The molecule has 5 nitrogen and oxygen atoms in total. The molecule has 0 unspecified atom stereocenters. The number of carbonyl (C=O) groups excluding carboxylic acids is 1. The van der Waals surface area contributed by atoms with Crippen LogP contribution in [0.2, 0.25) is 0 Å². The van der Waals surface area contributed by atoms with Crippen LogP contribution in [0.25, 0.3) is 22.0 Å². The number of benzene rings is 3. The van der Waals surface area contributed by atoms with Gasteiger partial charge in [-0.3, -0.25) is 4.79 Å². The molecule has 0 aliphatic heterocycles. The van der Waals surface area contributed by atoms with E-state index in [1.54, 1.807) is 6.20 Å². The molecule has 1 aromatic heterocycles. The molecule has 0 radical (unpaired) electrons. The van der Waals surface area contributed by atoms with Crippen molar-refractivity contribution in [2.75, 3.05) is 11.1 Å². The molecule has 0 spiro atoms. The van der Waals surface area contributed by atoms with Crippen LogP contribution in [0.5, 0.6) is 0 Å². The Balaban J connectivity index is 1.72. The number of nitrogen functional groups attached to an aromatic ring is 1. The molecule has 0 bridgehead atoms. The van der Waals surface area contributed by atoms with Crippen LogP contribution in [-0.2, 0) is 10.8 Å². The van der Waals surface area contributed by atoms with Crippen LogP contribution in [0, 0.1) is 6.92 Å². The highest BCUT2D eigenvalue weighted by atomic mass is 16.1. The number of amides is 1. The molecule has 0 saturated heterocycles. The van der Waals surface area contributed by atoms with Gasteiger partial charge in [-0.15, -0.1) is 0 Å². The zero-order chi connectivity index (χ0) is 25.5. The van der Waals surface area contributed by atoms with E-state index in [-0.39, 0.29) is 22.7 Å². The van der Waals surface area contributed by atoms with Crippen molar-refractivity contribution < 1.29 is 4.79 Å². The molecule has 0 saturated carbocycles. The maximum Gasteiger partial charge on any atom is 0.255 e. The molecule has 4 rings (SSSR count). The molecule has 3 aromatic carbocycles. The first-order valence-electron chi connectivity index (χ1n) is 11.9. The van der Waals surface area contributed by atoms with E-state index in [0.717, 1.165) is 38.8 Å². The van der Waals surface area contributed by atoms with E-state index in [4.69, 9.17) is 5.73 Å². The second-order valence-corrected chi connectivity index (χ2v) is 11.2. The van der Waals surface area contributed by atoms with Gasteiger partial charge in [0.2, 0.25) is 5.95 Å². The second-order valence-electron chi connectivity index (χ2n) is 11.2. The second kappa shape index (κ2) is 8.81. The first kappa shape index (κ1) is 24.4. The molecule has 1 heterocycles. The van der Waals surface area contributed by atoms with Gasteiger partial charge < -0.3 is 11.1 Å². The van der Waals surface area contributed by atoms with Gasteiger partial charge in [-0.25, -0.2) is 9.97 Å². The molecule has 4 aromatic rings. The van der Waals surface area contributed by atoms with Crippen LogP contribution in [-0.4, -0.2) is 15.9 Å². The maximum atomic E-state index is 13.5. The quantitative estimate of drug-likeness (QED) is 0.339. The Morgan fingerprint density at radius 3 is 2.31 bits per heavy atom. The Morgan fingerprint density at radius 1 is 0.886 bits per heavy atom. The summed E-state index contributed by atoms with van der Waals surface area (Å²) < 4.78 is 0. The number of rotatable bonds is 3. The van der Waals surface area contributed by atoms with E-state index in [0.29, 0.717) is 5.56 Å². The summed E-state index contributed by atoms with van der Waals surface area (Å²) in [4.78, 5) is 21.8. The van der Waals surface area contributed by atoms with Gasteiger partial charge in [0.05, 0.1) is 5.52 Å². The summed E-state index contributed by atoms with van der Waals surface area (Å²) in [5, 5.41) is 4.11. The predicted molar refractivity (Wildman–Crippen MR) is 146 cm³/mol. The van der Waals surface area contributed by atoms with Crippen molar-refractivity contribution in [3.63, 3.8) is 0 Å². The number of hydrogen-bond donors (Lipinski definition) is 2. The van der Waals surface area contributed by atoms with Gasteiger partial charge in [0.1, 0.15) is 0 Å². The fraction of sp³-hybridized carbons (Fsp3) is 0.300. The van der Waals surface area contributed by atoms with Gasteiger partial charge in [0.15, 0.2) is 0 Å². The highest BCUT2D eigenvalue weighted by molar-refractivity contribution is 6.05. The molecule has 0 fully saturated rings. The fourth-order valence-corrected chi connectivity index (χ4v) is 4.25. The summed E-state index contributed by atoms with van der Waals surface area (Å²) in [7, 11) is 0. The van der Waals surface area contributed by atoms with Crippen LogP contribution in [0.3, 0.4) is 0 Å². The molecule has 5 heteroatoms. The SMILES string of the molecule is Cc1ccc(C(=O)Nc2cc(C(C)(C)C)ccc2C(C)(C)C)cc1-c1ccc2nc(N)ncc2c1. The molecule has 0 aliphatic carbocycles. The van der Waals surface area contributed by atoms with E-state index in [2.05, 4.69) is 75.0 Å². The Bertz CT molecular complexity index is 1420. The molecular weight excluding hydrogens is 432 g/mol. The highest BCUT2D eigenvalue weighted by Crippen LogP contribution is 2.34. The molecular formula is C30H34N4O. The summed E-state index contributed by atoms with van der Waals surface area (Å²) in [6.07, 6.45) is 1.73. The number of nitrogens with zero attached hydrogens (tertiary/aromatic N) is 2. The van der Waals surface area contributed by atoms with Gasteiger partial charge in [-0.1, -0.05) is 65.8 Å². The van der Waals surface area contributed by atoms with E-state index in [1.807, 2.05) is 43.3 Å². The summed E-state index contributed by atoms with van der Waals surface area (Å²) in [5.74, 6) is 0.130. The monoisotopic (exact) mass is 466 g/mol. The number of aryl methyl sites for hydroxylation is 1. The Kier molecular flexibility index (Phi) is 6.14. The number of anilines is 2. The summed E-state index contributed by atoms with van der Waals surface area (Å²) in [6.45, 7) is 15.1. The predicted octanol–water partition coefficient (Wildman–Crippen LogP) is 7.03. The minimum atomic E-state index is -0.125. The lowest BCUT2D eigenvalue weighted by Crippen LogP contribution is -2.20. The lowest BCUT2D eigenvalue weighted by Gasteiger charge is -2.27. The average molecular weight is 467 g/mol. The van der Waals surface area contributed by atoms with Crippen LogP contribution in [0.4, 0.5) is 11.6 Å². The third kappa shape index (κ3) is 5.19. The van der Waals surface area contributed by atoms with Crippen LogP contribution < -0.4 is 11.1 Å². The van der Waals surface area contributed by atoms with Crippen molar-refractivity contribution in [1.29, 1.82) is 0 Å². The molecule has 0 atom stereocenters. The van der Waals surface area contributed by atoms with E-state index < -0.39 is 0 Å². The molecule has 0 aliphatic rings. The standard InChI is InChI=1S/C30H34N4O/c1-18-8-9-20(15-23(18)19-10-13-25-21(14-19)17-32-28(31)34-25)27(35)33-26-16-22(29(2,3)4)11-12-24(26)30(5,6)7/h8-17H,1-7H3,(H,33,35)(H2,31,32,34). The van der Waals surface area contributed by atoms with Gasteiger partial charge in [-0.2, -0.15) is 0 Å². The van der Waals surface area contributed by atoms with E-state index in [9.17, 15) is 4.79 Å². The molecule has 35 heavy (non-hydrogen) atoms. The zero-order valence-corrected chi connectivity index (χ0v) is 21.7. The third-order valence-electron chi connectivity index (χ3n) is 6.35. The Labute approximate surface area is 207 Å². The first-order valence-corrected chi connectivity index (χ1v) is 11.9. The van der Waals surface area contributed by atoms with Gasteiger partial charge in [0, 0.05) is 22.8 Å².